The monoisotopic (exact) mass is 486 g/mol. The van der Waals surface area contributed by atoms with Gasteiger partial charge in [0.15, 0.2) is 0 Å². The van der Waals surface area contributed by atoms with Crippen LogP contribution in [0.25, 0.3) is 0 Å². The summed E-state index contributed by atoms with van der Waals surface area (Å²) in [5, 5.41) is 31.5. The number of rotatable bonds is 2. The second-order valence-electron chi connectivity index (χ2n) is 14.8. The summed E-state index contributed by atoms with van der Waals surface area (Å²) in [5.74, 6) is -0.414. The van der Waals surface area contributed by atoms with E-state index in [1.807, 2.05) is 6.92 Å². The van der Waals surface area contributed by atoms with Gasteiger partial charge in [0.25, 0.3) is 0 Å². The van der Waals surface area contributed by atoms with Crippen molar-refractivity contribution < 1.29 is 24.9 Å². The van der Waals surface area contributed by atoms with Gasteiger partial charge in [-0.05, 0) is 111 Å². The second-order valence-corrected chi connectivity index (χ2v) is 14.8. The van der Waals surface area contributed by atoms with E-state index in [9.17, 15) is 24.9 Å². The van der Waals surface area contributed by atoms with Crippen molar-refractivity contribution in [3.8, 4) is 0 Å². The average molecular weight is 487 g/mol. The van der Waals surface area contributed by atoms with E-state index < -0.39 is 28.2 Å². The minimum Gasteiger partial charge on any atom is -0.481 e. The molecule has 0 radical (unpaired) electrons. The molecule has 5 aliphatic rings. The predicted octanol–water partition coefficient (Wildman–Crippen LogP) is 6.30. The number of aliphatic hydroxyl groups is 1. The summed E-state index contributed by atoms with van der Waals surface area (Å²) in [4.78, 5) is 25.2. The van der Waals surface area contributed by atoms with E-state index in [4.69, 9.17) is 0 Å². The highest BCUT2D eigenvalue weighted by Crippen LogP contribution is 2.74. The Morgan fingerprint density at radius 3 is 2.14 bits per heavy atom. The van der Waals surface area contributed by atoms with Gasteiger partial charge >= 0.3 is 11.9 Å². The average Bonchev–Trinajstić information content (AvgIpc) is 2.75. The van der Waals surface area contributed by atoms with Crippen molar-refractivity contribution in [3.63, 3.8) is 0 Å². The van der Waals surface area contributed by atoms with Crippen LogP contribution in [0.15, 0.2) is 11.6 Å². The largest absolute Gasteiger partial charge is 0.481 e. The molecule has 35 heavy (non-hydrogen) atoms. The number of carbonyl (C=O) groups is 2. The zero-order chi connectivity index (χ0) is 25.8. The van der Waals surface area contributed by atoms with E-state index in [-0.39, 0.29) is 28.3 Å². The van der Waals surface area contributed by atoms with E-state index in [0.29, 0.717) is 37.5 Å². The first kappa shape index (κ1) is 25.3. The highest BCUT2D eigenvalue weighted by atomic mass is 16.4. The summed E-state index contributed by atoms with van der Waals surface area (Å²) in [6.07, 6.45) is 9.95. The van der Waals surface area contributed by atoms with Gasteiger partial charge in [0.1, 0.15) is 0 Å². The van der Waals surface area contributed by atoms with Crippen molar-refractivity contribution in [3.05, 3.63) is 11.6 Å². The molecule has 196 valence electrons. The van der Waals surface area contributed by atoms with Crippen LogP contribution in [-0.4, -0.2) is 33.4 Å². The van der Waals surface area contributed by atoms with Crippen molar-refractivity contribution in [2.75, 3.05) is 0 Å². The molecule has 0 amide bonds. The van der Waals surface area contributed by atoms with Gasteiger partial charge < -0.3 is 15.3 Å². The molecule has 0 bridgehead atoms. The van der Waals surface area contributed by atoms with Crippen LogP contribution in [0.2, 0.25) is 0 Å². The molecule has 5 aliphatic carbocycles. The molecule has 3 N–H and O–H groups in total. The Morgan fingerprint density at radius 1 is 0.829 bits per heavy atom. The Kier molecular flexibility index (Phi) is 5.32. The molecule has 0 aromatic heterocycles. The smallest absolute Gasteiger partial charge is 0.310 e. The van der Waals surface area contributed by atoms with Crippen LogP contribution in [0.1, 0.15) is 106 Å². The quantitative estimate of drug-likeness (QED) is 0.398. The van der Waals surface area contributed by atoms with Gasteiger partial charge in [-0.25, -0.2) is 0 Å². The Labute approximate surface area is 210 Å². The van der Waals surface area contributed by atoms with E-state index in [1.54, 1.807) is 0 Å². The molecule has 0 aromatic carbocycles. The van der Waals surface area contributed by atoms with Gasteiger partial charge in [-0.2, -0.15) is 0 Å². The molecule has 0 unspecified atom stereocenters. The van der Waals surface area contributed by atoms with Crippen molar-refractivity contribution >= 4 is 11.9 Å². The third-order valence-electron chi connectivity index (χ3n) is 13.1. The Hall–Kier alpha value is -1.36. The molecule has 9 atom stereocenters. The first-order chi connectivity index (χ1) is 16.1. The maximum atomic E-state index is 12.9. The molecule has 5 rings (SSSR count). The van der Waals surface area contributed by atoms with Gasteiger partial charge in [-0.15, -0.1) is 0 Å². The van der Waals surface area contributed by atoms with Crippen molar-refractivity contribution in [1.29, 1.82) is 0 Å². The first-order valence-electron chi connectivity index (χ1n) is 13.9. The third kappa shape index (κ3) is 2.97. The van der Waals surface area contributed by atoms with Crippen LogP contribution in [0.4, 0.5) is 0 Å². The maximum Gasteiger partial charge on any atom is 0.310 e. The van der Waals surface area contributed by atoms with Gasteiger partial charge in [-0.1, -0.05) is 46.3 Å². The van der Waals surface area contributed by atoms with Crippen LogP contribution < -0.4 is 0 Å². The number of carboxylic acid groups (broad SMARTS) is 2. The van der Waals surface area contributed by atoms with Crippen LogP contribution >= 0.6 is 0 Å². The molecule has 0 heterocycles. The molecule has 0 aliphatic heterocycles. The summed E-state index contributed by atoms with van der Waals surface area (Å²) >= 11 is 0. The minimum atomic E-state index is -0.878. The predicted molar refractivity (Wildman–Crippen MR) is 135 cm³/mol. The van der Waals surface area contributed by atoms with Crippen LogP contribution in [-0.2, 0) is 9.59 Å². The third-order valence-corrected chi connectivity index (χ3v) is 13.1. The summed E-state index contributed by atoms with van der Waals surface area (Å²) in [6.45, 7) is 13.4. The summed E-state index contributed by atoms with van der Waals surface area (Å²) in [5.41, 5.74) is -0.807. The number of hydrogen-bond donors (Lipinski definition) is 3. The molecule has 0 saturated heterocycles. The summed E-state index contributed by atoms with van der Waals surface area (Å²) in [7, 11) is 0. The lowest BCUT2D eigenvalue weighted by atomic mass is 9.35. The van der Waals surface area contributed by atoms with Crippen LogP contribution in [0, 0.1) is 50.2 Å². The fourth-order valence-electron chi connectivity index (χ4n) is 11.0. The van der Waals surface area contributed by atoms with Gasteiger partial charge in [0.2, 0.25) is 0 Å². The van der Waals surface area contributed by atoms with Gasteiger partial charge in [-0.3, -0.25) is 9.59 Å². The van der Waals surface area contributed by atoms with E-state index in [1.165, 1.54) is 5.57 Å². The standard InChI is InChI=1S/C30H46O5/c1-25(2)20-10-12-27(4)18-9-14-30(24(34)35)16-15-26(3,23(32)33)17-29(30,6)19(18)7-8-21(27)28(20,5)13-11-22(25)31/h9,19-22,31H,7-8,10-17H2,1-6H3,(H,32,33)(H,34,35)/t19-,20-,21-,22+,26+,27-,28-,29-,30-/m0/s1. The number of aliphatic hydroxyl groups excluding tert-OH is 1. The fourth-order valence-corrected chi connectivity index (χ4v) is 11.0. The molecule has 4 saturated carbocycles. The Morgan fingerprint density at radius 2 is 1.51 bits per heavy atom. The Balaban J connectivity index is 1.58. The van der Waals surface area contributed by atoms with E-state index in [0.717, 1.165) is 38.5 Å². The molecule has 4 fully saturated rings. The van der Waals surface area contributed by atoms with Crippen LogP contribution in [0.5, 0.6) is 0 Å². The highest BCUT2D eigenvalue weighted by Gasteiger charge is 2.69. The first-order valence-corrected chi connectivity index (χ1v) is 13.9. The molecule has 0 aromatic rings. The molecule has 0 spiro atoms. The minimum absolute atomic E-state index is 0.0112. The molecular formula is C30H46O5. The lowest BCUT2D eigenvalue weighted by molar-refractivity contribution is -0.196. The fraction of sp³-hybridized carbons (Fsp3) is 0.867. The second kappa shape index (κ2) is 7.36. The lowest BCUT2D eigenvalue weighted by Gasteiger charge is -2.69. The normalized spacial score (nSPS) is 52.7. The lowest BCUT2D eigenvalue weighted by Crippen LogP contribution is -2.64. The number of fused-ring (bicyclic) bond motifs is 7. The van der Waals surface area contributed by atoms with Crippen LogP contribution in [0.3, 0.4) is 0 Å². The highest BCUT2D eigenvalue weighted by molar-refractivity contribution is 5.80. The van der Waals surface area contributed by atoms with E-state index in [2.05, 4.69) is 40.7 Å². The number of allylic oxidation sites excluding steroid dienone is 2. The van der Waals surface area contributed by atoms with Crippen molar-refractivity contribution in [2.45, 2.75) is 112 Å². The zero-order valence-corrected chi connectivity index (χ0v) is 22.6. The molecular weight excluding hydrogens is 440 g/mol. The number of carboxylic acids is 2. The topological polar surface area (TPSA) is 94.8 Å². The van der Waals surface area contributed by atoms with Crippen molar-refractivity contribution in [2.24, 2.45) is 50.2 Å². The number of aliphatic carboxylic acids is 2. The van der Waals surface area contributed by atoms with Gasteiger partial charge in [0.05, 0.1) is 16.9 Å². The maximum absolute atomic E-state index is 12.9. The summed E-state index contributed by atoms with van der Waals surface area (Å²) < 4.78 is 0. The SMILES string of the molecule is CC1(C)[C@H](O)CC[C@]2(C)[C@H]3CC[C@H]4C(=CC[C@@]5(C(=O)O)CC[C@@](C)(C(=O)O)C[C@@]45C)[C@]3(C)CC[C@@H]12. The summed E-state index contributed by atoms with van der Waals surface area (Å²) in [6, 6.07) is 0. The van der Waals surface area contributed by atoms with E-state index >= 15 is 0 Å². The number of hydrogen-bond acceptors (Lipinski definition) is 3. The van der Waals surface area contributed by atoms with Gasteiger partial charge in [0, 0.05) is 0 Å². The molecule has 5 nitrogen and oxygen atoms in total. The zero-order valence-electron chi connectivity index (χ0n) is 22.6. The molecule has 5 heteroatoms. The van der Waals surface area contributed by atoms with Crippen molar-refractivity contribution in [1.82, 2.24) is 0 Å². The Bertz CT molecular complexity index is 983.